The van der Waals surface area contributed by atoms with Crippen LogP contribution in [-0.4, -0.2) is 58.2 Å². The summed E-state index contributed by atoms with van der Waals surface area (Å²) in [6, 6.07) is 5.18. The summed E-state index contributed by atoms with van der Waals surface area (Å²) in [5, 5.41) is 33.6. The molecule has 0 aliphatic carbocycles. The maximum absolute atomic E-state index is 11.7. The molecule has 0 bridgehead atoms. The fourth-order valence-electron chi connectivity index (χ4n) is 2.79. The molecule has 12 heteroatoms. The largest absolute Gasteiger partial charge is 0.494 e. The lowest BCUT2D eigenvalue weighted by molar-refractivity contribution is 0.0697. The second-order valence-corrected chi connectivity index (χ2v) is 6.40. The third-order valence-corrected chi connectivity index (χ3v) is 4.21. The van der Waals surface area contributed by atoms with Crippen LogP contribution in [0.3, 0.4) is 0 Å². The Bertz CT molecular complexity index is 1160. The van der Waals surface area contributed by atoms with E-state index < -0.39 is 5.97 Å². The zero-order valence-corrected chi connectivity index (χ0v) is 17.6. The van der Waals surface area contributed by atoms with Crippen LogP contribution in [0.1, 0.15) is 16.2 Å². The summed E-state index contributed by atoms with van der Waals surface area (Å²) in [7, 11) is 3.20. The number of methoxy groups -OCH3 is 1. The predicted octanol–water partition coefficient (Wildman–Crippen LogP) is 2.45. The Kier molecular flexibility index (Phi) is 6.95. The zero-order valence-electron chi connectivity index (χ0n) is 17.6. The molecule has 1 aromatic carbocycles. The van der Waals surface area contributed by atoms with Gasteiger partial charge < -0.3 is 35.6 Å². The van der Waals surface area contributed by atoms with E-state index in [4.69, 9.17) is 14.6 Å². The van der Waals surface area contributed by atoms with E-state index in [0.29, 0.717) is 28.5 Å². The normalized spacial score (nSPS) is 11.0. The zero-order chi connectivity index (χ0) is 23.1. The lowest BCUT2D eigenvalue weighted by Gasteiger charge is -2.15. The molecule has 0 saturated heterocycles. The molecule has 0 unspecified atom stereocenters. The van der Waals surface area contributed by atoms with Gasteiger partial charge in [-0.1, -0.05) is 6.07 Å². The van der Waals surface area contributed by atoms with Gasteiger partial charge in [-0.15, -0.1) is 10.2 Å². The van der Waals surface area contributed by atoms with E-state index in [1.54, 1.807) is 38.4 Å². The summed E-state index contributed by atoms with van der Waals surface area (Å²) in [6.45, 7) is 1.95. The molecular formula is C20H22N8O4. The molecular weight excluding hydrogens is 416 g/mol. The highest BCUT2D eigenvalue weighted by Gasteiger charge is 2.19. The van der Waals surface area contributed by atoms with Crippen molar-refractivity contribution in [1.29, 1.82) is 5.41 Å². The van der Waals surface area contributed by atoms with Crippen molar-refractivity contribution >= 4 is 29.6 Å². The molecule has 3 rings (SSSR count). The fourth-order valence-corrected chi connectivity index (χ4v) is 2.79. The van der Waals surface area contributed by atoms with Crippen molar-refractivity contribution in [2.75, 3.05) is 31.3 Å². The second kappa shape index (κ2) is 10.0. The summed E-state index contributed by atoms with van der Waals surface area (Å²) in [4.78, 5) is 20.1. The Morgan fingerprint density at radius 3 is 2.78 bits per heavy atom. The summed E-state index contributed by atoms with van der Waals surface area (Å²) < 4.78 is 11.0. The van der Waals surface area contributed by atoms with Gasteiger partial charge in [0, 0.05) is 44.7 Å². The van der Waals surface area contributed by atoms with Crippen molar-refractivity contribution in [2.45, 2.75) is 6.92 Å². The summed E-state index contributed by atoms with van der Waals surface area (Å²) in [5.74, 6) is 0.0875. The van der Waals surface area contributed by atoms with E-state index in [1.807, 2.05) is 0 Å². The van der Waals surface area contributed by atoms with E-state index in [0.717, 1.165) is 0 Å². The number of ether oxygens (including phenoxy) is 1. The van der Waals surface area contributed by atoms with Crippen molar-refractivity contribution in [3.05, 3.63) is 47.6 Å². The van der Waals surface area contributed by atoms with Gasteiger partial charge >= 0.3 is 5.97 Å². The Balaban J connectivity index is 1.96. The highest BCUT2D eigenvalue weighted by atomic mass is 16.5. The summed E-state index contributed by atoms with van der Waals surface area (Å²) in [6.07, 6.45) is 4.04. The summed E-state index contributed by atoms with van der Waals surface area (Å²) in [5.41, 5.74) is 1.50. The lowest BCUT2D eigenvalue weighted by Crippen LogP contribution is -2.13. The number of nitrogens with zero attached hydrogens (tertiary/aromatic N) is 4. The Morgan fingerprint density at radius 2 is 2.16 bits per heavy atom. The monoisotopic (exact) mass is 438 g/mol. The lowest BCUT2D eigenvalue weighted by atomic mass is 10.1. The highest BCUT2D eigenvalue weighted by molar-refractivity contribution is 5.94. The average molecular weight is 438 g/mol. The molecule has 2 aromatic heterocycles. The molecule has 0 saturated carbocycles. The minimum absolute atomic E-state index is 0.0566. The Labute approximate surface area is 183 Å². The average Bonchev–Trinajstić information content (AvgIpc) is 3.22. The number of hydrogen-bond acceptors (Lipinski definition) is 11. The van der Waals surface area contributed by atoms with Crippen molar-refractivity contribution in [3.8, 4) is 17.2 Å². The second-order valence-electron chi connectivity index (χ2n) is 6.40. The predicted molar refractivity (Wildman–Crippen MR) is 118 cm³/mol. The van der Waals surface area contributed by atoms with Gasteiger partial charge in [0.2, 0.25) is 11.8 Å². The smallest absolute Gasteiger partial charge is 0.341 e. The van der Waals surface area contributed by atoms with Crippen LogP contribution in [-0.2, 0) is 0 Å². The first kappa shape index (κ1) is 22.2. The number of carbonyl (C=O) groups is 1. The number of aryl methyl sites for hydroxylation is 1. The molecule has 32 heavy (non-hydrogen) atoms. The standard InChI is InChI=1S/C20H22N8O4/c1-11-27-28-18(32-11)13-5-4-6-15(16(13)31-3)25-17-14(19(29)30)10-24-20(26-17)23-9-12(7-21)8-22-2/h4-8,10,21-22H,9H2,1-3H3,(H,29,30)(H2,23,24,25,26)/b12-8+,21-7?. The Morgan fingerprint density at radius 1 is 1.34 bits per heavy atom. The third-order valence-electron chi connectivity index (χ3n) is 4.21. The quantitative estimate of drug-likeness (QED) is 0.294. The topological polar surface area (TPSA) is 171 Å². The molecule has 0 fully saturated rings. The Hall–Kier alpha value is -4.48. The fraction of sp³-hybridized carbons (Fsp3) is 0.200. The first-order valence-corrected chi connectivity index (χ1v) is 9.42. The molecule has 0 aliphatic heterocycles. The van der Waals surface area contributed by atoms with Gasteiger partial charge in [-0.3, -0.25) is 0 Å². The number of para-hydroxylation sites is 1. The summed E-state index contributed by atoms with van der Waals surface area (Å²) >= 11 is 0. The number of carboxylic acids is 1. The molecule has 166 valence electrons. The number of aromatic carboxylic acids is 1. The number of benzene rings is 1. The molecule has 3 aromatic rings. The molecule has 5 N–H and O–H groups in total. The maximum atomic E-state index is 11.7. The molecule has 0 radical (unpaired) electrons. The van der Waals surface area contributed by atoms with E-state index in [-0.39, 0.29) is 29.8 Å². The maximum Gasteiger partial charge on any atom is 0.341 e. The van der Waals surface area contributed by atoms with Crippen LogP contribution in [0.5, 0.6) is 5.75 Å². The number of nitrogens with one attached hydrogen (secondary N) is 4. The van der Waals surface area contributed by atoms with Gasteiger partial charge in [-0.25, -0.2) is 9.78 Å². The SMILES string of the molecule is CN/C=C(\C=N)CNc1ncc(C(=O)O)c(Nc2cccc(-c3nnc(C)o3)c2OC)n1. The van der Waals surface area contributed by atoms with Crippen molar-refractivity contribution < 1.29 is 19.1 Å². The van der Waals surface area contributed by atoms with Gasteiger partial charge in [-0.05, 0) is 12.1 Å². The molecule has 0 spiro atoms. The molecule has 0 aliphatic rings. The first-order valence-electron chi connectivity index (χ1n) is 9.42. The van der Waals surface area contributed by atoms with Gasteiger partial charge in [0.1, 0.15) is 5.56 Å². The van der Waals surface area contributed by atoms with Gasteiger partial charge in [0.25, 0.3) is 5.89 Å². The molecule has 2 heterocycles. The number of carboxylic acid groups (broad SMARTS) is 1. The van der Waals surface area contributed by atoms with Crippen LogP contribution in [0.15, 0.2) is 40.6 Å². The van der Waals surface area contributed by atoms with Crippen molar-refractivity contribution in [3.63, 3.8) is 0 Å². The van der Waals surface area contributed by atoms with Crippen LogP contribution in [0.25, 0.3) is 11.5 Å². The van der Waals surface area contributed by atoms with Crippen LogP contribution >= 0.6 is 0 Å². The van der Waals surface area contributed by atoms with Crippen LogP contribution < -0.4 is 20.7 Å². The van der Waals surface area contributed by atoms with Crippen molar-refractivity contribution in [2.24, 2.45) is 0 Å². The van der Waals surface area contributed by atoms with Crippen LogP contribution in [0.2, 0.25) is 0 Å². The minimum atomic E-state index is -1.20. The molecule has 0 atom stereocenters. The van der Waals surface area contributed by atoms with Crippen LogP contribution in [0, 0.1) is 12.3 Å². The third kappa shape index (κ3) is 4.98. The van der Waals surface area contributed by atoms with E-state index in [2.05, 4.69) is 36.1 Å². The van der Waals surface area contributed by atoms with Crippen LogP contribution in [0.4, 0.5) is 17.5 Å². The molecule has 0 amide bonds. The minimum Gasteiger partial charge on any atom is -0.494 e. The number of hydrogen-bond donors (Lipinski definition) is 5. The number of anilines is 3. The van der Waals surface area contributed by atoms with E-state index in [1.165, 1.54) is 19.5 Å². The van der Waals surface area contributed by atoms with Gasteiger partial charge in [-0.2, -0.15) is 4.98 Å². The first-order chi connectivity index (χ1) is 15.5. The van der Waals surface area contributed by atoms with E-state index in [9.17, 15) is 9.90 Å². The van der Waals surface area contributed by atoms with Gasteiger partial charge in [0.15, 0.2) is 11.6 Å². The molecule has 12 nitrogen and oxygen atoms in total. The number of aromatic nitrogens is 4. The van der Waals surface area contributed by atoms with Crippen molar-refractivity contribution in [1.82, 2.24) is 25.5 Å². The van der Waals surface area contributed by atoms with Gasteiger partial charge in [0.05, 0.1) is 18.4 Å². The highest BCUT2D eigenvalue weighted by Crippen LogP contribution is 2.37. The van der Waals surface area contributed by atoms with E-state index >= 15 is 0 Å². The number of rotatable bonds is 10.